The van der Waals surface area contributed by atoms with E-state index in [-0.39, 0.29) is 95.5 Å². The summed E-state index contributed by atoms with van der Waals surface area (Å²) in [6.07, 6.45) is 2.62. The summed E-state index contributed by atoms with van der Waals surface area (Å²) in [7, 11) is 0. The Balaban J connectivity index is 6.45. The molecule has 0 saturated carbocycles. The number of hydrogen-bond donors (Lipinski definition) is 18. The molecule has 27 N–H and O–H groups in total. The van der Waals surface area contributed by atoms with Crippen molar-refractivity contribution >= 4 is 71.1 Å². The third kappa shape index (κ3) is 28.6. The van der Waals surface area contributed by atoms with E-state index in [2.05, 4.69) is 57.5 Å². The molecule has 0 aromatic heterocycles. The van der Waals surface area contributed by atoms with Crippen molar-refractivity contribution in [2.45, 2.75) is 159 Å². The van der Waals surface area contributed by atoms with E-state index in [0.717, 1.165) is 0 Å². The van der Waals surface area contributed by atoms with Crippen LogP contribution in [0.1, 0.15) is 105 Å². The van der Waals surface area contributed by atoms with Crippen molar-refractivity contribution in [2.75, 3.05) is 32.7 Å². The Morgan fingerprint density at radius 1 is 0.375 bits per heavy atom. The number of carbonyl (C=O) groups excluding carboxylic acids is 8. The molecule has 0 aliphatic rings. The maximum Gasteiger partial charge on any atom is 0.325 e. The molecule has 0 spiro atoms. The quantitative estimate of drug-likeness (QED) is 0.0156. The van der Waals surface area contributed by atoms with E-state index in [4.69, 9.17) is 56.7 Å². The molecule has 0 aliphatic carbocycles. The van der Waals surface area contributed by atoms with Crippen LogP contribution < -0.4 is 94.1 Å². The molecule has 30 heteroatoms. The van der Waals surface area contributed by atoms with Crippen molar-refractivity contribution in [1.29, 1.82) is 0 Å². The van der Waals surface area contributed by atoms with Gasteiger partial charge in [0.1, 0.15) is 48.3 Å². The Hall–Kier alpha value is -7.08. The molecule has 0 heterocycles. The van der Waals surface area contributed by atoms with E-state index in [1.165, 1.54) is 27.7 Å². The van der Waals surface area contributed by atoms with Crippen LogP contribution in [0.25, 0.3) is 0 Å². The lowest BCUT2D eigenvalue weighted by molar-refractivity contribution is -0.141. The van der Waals surface area contributed by atoms with Gasteiger partial charge in [-0.1, -0.05) is 0 Å². The molecule has 30 nitrogen and oxygen atoms in total. The summed E-state index contributed by atoms with van der Waals surface area (Å²) in [5.41, 5.74) is 50.2. The van der Waals surface area contributed by atoms with Crippen LogP contribution in [-0.4, -0.2) is 163 Å². The van der Waals surface area contributed by atoms with Crippen molar-refractivity contribution in [3.63, 3.8) is 0 Å². The van der Waals surface area contributed by atoms with Crippen molar-refractivity contribution in [3.8, 4) is 0 Å². The number of unbranched alkanes of at least 4 members (excludes halogenated alkanes) is 2. The first-order valence-corrected chi connectivity index (χ1v) is 23.8. The Bertz CT molecular complexity index is 1860. The molecule has 0 bridgehead atoms. The second kappa shape index (κ2) is 35.9. The molecule has 0 aliphatic heterocycles. The van der Waals surface area contributed by atoms with Crippen LogP contribution in [0.15, 0.2) is 15.0 Å². The number of carboxylic acids is 1. The van der Waals surface area contributed by atoms with Crippen LogP contribution >= 0.6 is 0 Å². The van der Waals surface area contributed by atoms with Gasteiger partial charge in [-0.2, -0.15) is 0 Å². The van der Waals surface area contributed by atoms with Crippen molar-refractivity contribution in [1.82, 2.24) is 42.5 Å². The maximum absolute atomic E-state index is 14.2. The number of aliphatic imine (C=N–C) groups is 3. The highest BCUT2D eigenvalue weighted by Gasteiger charge is 2.33. The smallest absolute Gasteiger partial charge is 0.325 e. The average molecular weight is 1030 g/mol. The Morgan fingerprint density at radius 3 is 0.944 bits per heavy atom. The number of nitrogens with two attached hydrogens (primary N) is 9. The highest BCUT2D eigenvalue weighted by molar-refractivity contribution is 5.98. The standard InChI is InChI=1S/C42H82N20O10/c1-22(31(63)56-23(2)33(65)58-25(4)39(71)72)55-32(64)24(3)57-35(67)27(13-5-7-17-43)60-36(68)28(14-6-8-18-44)61-38(70)30(16-11-21-54-42(50)51)62-37(69)29(15-10-20-53-41(48)49)59-34(66)26(45)12-9-19-52-40(46)47/h22-30H,5-21,43-45H2,1-4H3,(H,55,64)(H,56,63)(H,57,67)(H,58,65)(H,59,66)(H,60,68)(H,61,70)(H,62,69)(H,71,72)(H4,46,47,52)(H4,48,49,53)(H4,50,51,54)/t22-,23-,24-,25-,26-,27-,28-,29-,30-/m0/s1. The summed E-state index contributed by atoms with van der Waals surface area (Å²) < 4.78 is 0. The van der Waals surface area contributed by atoms with E-state index in [9.17, 15) is 43.2 Å². The topological polar surface area (TPSA) is 541 Å². The predicted octanol–water partition coefficient (Wildman–Crippen LogP) is -7.22. The predicted molar refractivity (Wildman–Crippen MR) is 269 cm³/mol. The van der Waals surface area contributed by atoms with E-state index >= 15 is 0 Å². The molecule has 0 fully saturated rings. The average Bonchev–Trinajstić information content (AvgIpc) is 3.30. The van der Waals surface area contributed by atoms with Gasteiger partial charge in [0.2, 0.25) is 47.3 Å². The fraction of sp³-hybridized carbons (Fsp3) is 0.714. The molecular weight excluding hydrogens is 945 g/mol. The van der Waals surface area contributed by atoms with Gasteiger partial charge in [0, 0.05) is 19.6 Å². The Labute approximate surface area is 419 Å². The molecule has 0 unspecified atom stereocenters. The van der Waals surface area contributed by atoms with Crippen LogP contribution in [0.5, 0.6) is 0 Å². The van der Waals surface area contributed by atoms with Crippen molar-refractivity contribution in [3.05, 3.63) is 0 Å². The minimum Gasteiger partial charge on any atom is -0.480 e. The zero-order valence-electron chi connectivity index (χ0n) is 41.9. The lowest BCUT2D eigenvalue weighted by Crippen LogP contribution is -2.59. The number of aliphatic carboxylic acids is 1. The highest BCUT2D eigenvalue weighted by Crippen LogP contribution is 2.10. The lowest BCUT2D eigenvalue weighted by atomic mass is 10.0. The zero-order valence-corrected chi connectivity index (χ0v) is 41.9. The number of amides is 8. The summed E-state index contributed by atoms with van der Waals surface area (Å²) in [5, 5.41) is 29.3. The largest absolute Gasteiger partial charge is 0.480 e. The maximum atomic E-state index is 14.2. The van der Waals surface area contributed by atoms with E-state index in [1.54, 1.807) is 0 Å². The number of hydrogen-bond acceptors (Lipinski definition) is 15. The normalized spacial score (nSPS) is 14.5. The molecule has 8 amide bonds. The molecule has 0 aromatic carbocycles. The molecule has 410 valence electrons. The van der Waals surface area contributed by atoms with E-state index < -0.39 is 108 Å². The molecular formula is C42H82N20O10. The molecule has 0 aromatic rings. The summed E-state index contributed by atoms with van der Waals surface area (Å²) in [4.78, 5) is 130. The fourth-order valence-electron chi connectivity index (χ4n) is 6.40. The second-order valence-corrected chi connectivity index (χ2v) is 17.0. The van der Waals surface area contributed by atoms with E-state index in [1.807, 2.05) is 0 Å². The lowest BCUT2D eigenvalue weighted by Gasteiger charge is -2.27. The Morgan fingerprint density at radius 2 is 0.639 bits per heavy atom. The minimum absolute atomic E-state index is 0.0140. The van der Waals surface area contributed by atoms with Gasteiger partial charge in [0.15, 0.2) is 17.9 Å². The number of nitrogens with zero attached hydrogens (tertiary/aromatic N) is 3. The molecule has 72 heavy (non-hydrogen) atoms. The van der Waals surface area contributed by atoms with Gasteiger partial charge >= 0.3 is 5.97 Å². The summed E-state index contributed by atoms with van der Waals surface area (Å²) in [6, 6.07) is -11.0. The van der Waals surface area contributed by atoms with Gasteiger partial charge in [0.05, 0.1) is 6.04 Å². The fourth-order valence-corrected chi connectivity index (χ4v) is 6.40. The van der Waals surface area contributed by atoms with Crippen LogP contribution in [-0.2, 0) is 43.2 Å². The molecule has 9 atom stereocenters. The SMILES string of the molecule is C[C@H](NC(=O)[C@H](C)NC(=O)[C@H](C)NC(=O)[C@H](C)NC(=O)[C@H](CCCCN)NC(=O)[C@H](CCCCN)NC(=O)[C@H](CCCN=C(N)N)NC(=O)[C@H](CCCN=C(N)N)NC(=O)[C@@H](N)CCCN=C(N)N)C(=O)O. The summed E-state index contributed by atoms with van der Waals surface area (Å²) in [5.74, 6) is -7.98. The van der Waals surface area contributed by atoms with Crippen LogP contribution in [0.2, 0.25) is 0 Å². The molecule has 0 radical (unpaired) electrons. The second-order valence-electron chi connectivity index (χ2n) is 17.0. The first kappa shape index (κ1) is 64.9. The van der Waals surface area contributed by atoms with Gasteiger partial charge in [-0.15, -0.1) is 0 Å². The van der Waals surface area contributed by atoms with Gasteiger partial charge < -0.3 is 99.2 Å². The number of nitrogens with one attached hydrogen (secondary N) is 8. The first-order valence-electron chi connectivity index (χ1n) is 23.8. The van der Waals surface area contributed by atoms with E-state index in [0.29, 0.717) is 32.1 Å². The van der Waals surface area contributed by atoms with Gasteiger partial charge in [-0.3, -0.25) is 58.1 Å². The molecule has 0 rings (SSSR count). The number of guanidine groups is 3. The monoisotopic (exact) mass is 1030 g/mol. The third-order valence-electron chi connectivity index (χ3n) is 10.6. The van der Waals surface area contributed by atoms with Gasteiger partial charge in [0.25, 0.3) is 0 Å². The molecule has 0 saturated heterocycles. The zero-order chi connectivity index (χ0) is 54.9. The summed E-state index contributed by atoms with van der Waals surface area (Å²) in [6.45, 7) is 6.12. The van der Waals surface area contributed by atoms with Crippen LogP contribution in [0.4, 0.5) is 0 Å². The first-order chi connectivity index (χ1) is 33.8. The van der Waals surface area contributed by atoms with Gasteiger partial charge in [-0.05, 0) is 118 Å². The van der Waals surface area contributed by atoms with Crippen molar-refractivity contribution in [2.24, 2.45) is 66.6 Å². The number of carbonyl (C=O) groups is 9. The summed E-state index contributed by atoms with van der Waals surface area (Å²) >= 11 is 0. The third-order valence-corrected chi connectivity index (χ3v) is 10.6. The number of carboxylic acid groups (broad SMARTS) is 1. The van der Waals surface area contributed by atoms with Crippen LogP contribution in [0.3, 0.4) is 0 Å². The van der Waals surface area contributed by atoms with Crippen molar-refractivity contribution < 1.29 is 48.3 Å². The Kier molecular flexibility index (Phi) is 32.4. The number of rotatable bonds is 37. The van der Waals surface area contributed by atoms with Crippen LogP contribution in [0, 0.1) is 0 Å². The highest BCUT2D eigenvalue weighted by atomic mass is 16.4. The van der Waals surface area contributed by atoms with Gasteiger partial charge in [-0.25, -0.2) is 0 Å². The minimum atomic E-state index is -1.32.